The summed E-state index contributed by atoms with van der Waals surface area (Å²) in [5.74, 6) is -1.23. The molecule has 1 aromatic carbocycles. The number of carbonyl (C=O) groups excluding carboxylic acids is 1. The van der Waals surface area contributed by atoms with Crippen LogP contribution in [-0.4, -0.2) is 43.8 Å². The SMILES string of the molecule is CCc1nnc(/N=C2/S/C(=C/c3ccccc3C(=O)O)C(=O)N2CC)s1. The van der Waals surface area contributed by atoms with Crippen molar-refractivity contribution < 1.29 is 14.7 Å². The van der Waals surface area contributed by atoms with Crippen molar-refractivity contribution in [2.75, 3.05) is 6.54 Å². The zero-order valence-electron chi connectivity index (χ0n) is 14.2. The van der Waals surface area contributed by atoms with Crippen LogP contribution in [0.5, 0.6) is 0 Å². The largest absolute Gasteiger partial charge is 0.478 e. The van der Waals surface area contributed by atoms with Gasteiger partial charge >= 0.3 is 5.97 Å². The van der Waals surface area contributed by atoms with Gasteiger partial charge in [-0.15, -0.1) is 10.2 Å². The van der Waals surface area contributed by atoms with Crippen LogP contribution in [0.15, 0.2) is 34.2 Å². The summed E-state index contributed by atoms with van der Waals surface area (Å²) in [6, 6.07) is 6.58. The molecule has 1 aromatic heterocycles. The third-order valence-electron chi connectivity index (χ3n) is 3.63. The predicted molar refractivity (Wildman–Crippen MR) is 103 cm³/mol. The summed E-state index contributed by atoms with van der Waals surface area (Å²) in [7, 11) is 0. The molecule has 0 spiro atoms. The second-order valence-corrected chi connectivity index (χ2v) is 7.33. The van der Waals surface area contributed by atoms with Crippen molar-refractivity contribution in [2.45, 2.75) is 20.3 Å². The van der Waals surface area contributed by atoms with E-state index in [1.807, 2.05) is 13.8 Å². The van der Waals surface area contributed by atoms with E-state index in [0.717, 1.165) is 11.4 Å². The van der Waals surface area contributed by atoms with Gasteiger partial charge in [-0.05, 0) is 42.8 Å². The molecule has 3 rings (SSSR count). The number of carboxylic acid groups (broad SMARTS) is 1. The number of aryl methyl sites for hydroxylation is 1. The molecule has 2 heterocycles. The van der Waals surface area contributed by atoms with Gasteiger partial charge in [-0.1, -0.05) is 36.5 Å². The Morgan fingerprint density at radius 2 is 2.08 bits per heavy atom. The molecule has 1 amide bonds. The minimum atomic E-state index is -1.03. The van der Waals surface area contributed by atoms with Gasteiger partial charge < -0.3 is 5.11 Å². The number of aliphatic imine (C=N–C) groups is 1. The van der Waals surface area contributed by atoms with Crippen LogP contribution in [0.1, 0.15) is 34.8 Å². The Hall–Kier alpha value is -2.52. The first-order valence-corrected chi connectivity index (χ1v) is 9.61. The first-order chi connectivity index (χ1) is 12.5. The number of amidine groups is 1. The summed E-state index contributed by atoms with van der Waals surface area (Å²) >= 11 is 2.60. The van der Waals surface area contributed by atoms with Crippen molar-refractivity contribution in [3.8, 4) is 0 Å². The maximum absolute atomic E-state index is 12.7. The molecule has 1 fully saturated rings. The van der Waals surface area contributed by atoms with Crippen LogP contribution in [0.2, 0.25) is 0 Å². The van der Waals surface area contributed by atoms with Crippen LogP contribution in [0, 0.1) is 0 Å². The summed E-state index contributed by atoms with van der Waals surface area (Å²) in [5.41, 5.74) is 0.635. The maximum Gasteiger partial charge on any atom is 0.336 e. The van der Waals surface area contributed by atoms with Crippen LogP contribution in [0.25, 0.3) is 6.08 Å². The smallest absolute Gasteiger partial charge is 0.336 e. The molecule has 1 saturated heterocycles. The lowest BCUT2D eigenvalue weighted by atomic mass is 10.1. The fourth-order valence-corrected chi connectivity index (χ4v) is 4.09. The Labute approximate surface area is 158 Å². The first-order valence-electron chi connectivity index (χ1n) is 7.98. The molecule has 0 bridgehead atoms. The summed E-state index contributed by atoms with van der Waals surface area (Å²) in [6.07, 6.45) is 2.38. The van der Waals surface area contributed by atoms with Crippen molar-refractivity contribution in [1.29, 1.82) is 0 Å². The fraction of sp³-hybridized carbons (Fsp3) is 0.235. The van der Waals surface area contributed by atoms with Crippen molar-refractivity contribution in [1.82, 2.24) is 15.1 Å². The highest BCUT2D eigenvalue weighted by Gasteiger charge is 2.32. The van der Waals surface area contributed by atoms with Crippen LogP contribution < -0.4 is 0 Å². The minimum Gasteiger partial charge on any atom is -0.478 e. The van der Waals surface area contributed by atoms with E-state index < -0.39 is 5.97 Å². The number of rotatable bonds is 5. The zero-order chi connectivity index (χ0) is 18.7. The van der Waals surface area contributed by atoms with Crippen LogP contribution in [-0.2, 0) is 11.2 Å². The van der Waals surface area contributed by atoms with Gasteiger partial charge in [-0.2, -0.15) is 4.99 Å². The highest BCUT2D eigenvalue weighted by molar-refractivity contribution is 8.18. The van der Waals surface area contributed by atoms with Crippen molar-refractivity contribution in [3.05, 3.63) is 45.3 Å². The van der Waals surface area contributed by atoms with E-state index in [-0.39, 0.29) is 11.5 Å². The van der Waals surface area contributed by atoms with E-state index in [1.54, 1.807) is 29.2 Å². The monoisotopic (exact) mass is 388 g/mol. The molecule has 1 aliphatic rings. The minimum absolute atomic E-state index is 0.151. The average Bonchev–Trinajstić information content (AvgIpc) is 3.20. The summed E-state index contributed by atoms with van der Waals surface area (Å²) < 4.78 is 0. The quantitative estimate of drug-likeness (QED) is 0.789. The molecule has 0 saturated carbocycles. The van der Waals surface area contributed by atoms with Gasteiger partial charge in [0.05, 0.1) is 10.5 Å². The molecule has 0 unspecified atom stereocenters. The summed E-state index contributed by atoms with van der Waals surface area (Å²) in [6.45, 7) is 4.31. The average molecular weight is 388 g/mol. The third-order valence-corrected chi connectivity index (χ3v) is 5.60. The number of thioether (sulfide) groups is 1. The molecule has 134 valence electrons. The Bertz CT molecular complexity index is 920. The number of carboxylic acids is 1. The second-order valence-electron chi connectivity index (χ2n) is 5.28. The van der Waals surface area contributed by atoms with Gasteiger partial charge in [0, 0.05) is 6.54 Å². The molecule has 26 heavy (non-hydrogen) atoms. The summed E-state index contributed by atoms with van der Waals surface area (Å²) in [5, 5.41) is 19.3. The van der Waals surface area contributed by atoms with Crippen molar-refractivity contribution in [3.63, 3.8) is 0 Å². The number of amides is 1. The van der Waals surface area contributed by atoms with E-state index in [2.05, 4.69) is 15.2 Å². The van der Waals surface area contributed by atoms with E-state index in [1.165, 1.54) is 29.2 Å². The van der Waals surface area contributed by atoms with Gasteiger partial charge in [-0.25, -0.2) is 4.79 Å². The van der Waals surface area contributed by atoms with Gasteiger partial charge in [0.1, 0.15) is 5.01 Å². The molecular formula is C17H16N4O3S2. The molecule has 0 atom stereocenters. The number of likely N-dealkylation sites (N-methyl/N-ethyl adjacent to an activating group) is 1. The lowest BCUT2D eigenvalue weighted by Crippen LogP contribution is -2.28. The number of aromatic nitrogens is 2. The molecule has 0 radical (unpaired) electrons. The molecule has 1 aliphatic heterocycles. The van der Waals surface area contributed by atoms with E-state index in [0.29, 0.717) is 27.3 Å². The molecule has 0 aliphatic carbocycles. The second kappa shape index (κ2) is 7.79. The zero-order valence-corrected chi connectivity index (χ0v) is 15.8. The lowest BCUT2D eigenvalue weighted by Gasteiger charge is -2.11. The third kappa shape index (κ3) is 3.68. The van der Waals surface area contributed by atoms with E-state index in [9.17, 15) is 14.7 Å². The van der Waals surface area contributed by atoms with Crippen molar-refractivity contribution in [2.24, 2.45) is 4.99 Å². The van der Waals surface area contributed by atoms with Crippen LogP contribution in [0.3, 0.4) is 0 Å². The lowest BCUT2D eigenvalue weighted by molar-refractivity contribution is -0.122. The number of aromatic carboxylic acids is 1. The molecule has 2 aromatic rings. The van der Waals surface area contributed by atoms with Crippen molar-refractivity contribution >= 4 is 51.4 Å². The highest BCUT2D eigenvalue weighted by atomic mass is 32.2. The van der Waals surface area contributed by atoms with Crippen LogP contribution >= 0.6 is 23.1 Å². The standard InChI is InChI=1S/C17H16N4O3S2/c1-3-13-19-20-16(26-13)18-17-21(4-2)14(22)12(25-17)9-10-7-5-6-8-11(10)15(23)24/h5-9H,3-4H2,1-2H3,(H,23,24)/b12-9+,18-17+. The molecule has 9 heteroatoms. The summed E-state index contributed by atoms with van der Waals surface area (Å²) in [4.78, 5) is 30.5. The number of benzene rings is 1. The molecular weight excluding hydrogens is 372 g/mol. The highest BCUT2D eigenvalue weighted by Crippen LogP contribution is 2.35. The van der Waals surface area contributed by atoms with E-state index >= 15 is 0 Å². The van der Waals surface area contributed by atoms with Crippen LogP contribution in [0.4, 0.5) is 5.13 Å². The molecule has 7 nitrogen and oxygen atoms in total. The predicted octanol–water partition coefficient (Wildman–Crippen LogP) is 3.42. The van der Waals surface area contributed by atoms with Gasteiger partial charge in [0.25, 0.3) is 5.91 Å². The maximum atomic E-state index is 12.7. The topological polar surface area (TPSA) is 95.7 Å². The Morgan fingerprint density at radius 1 is 1.31 bits per heavy atom. The molecule has 1 N–H and O–H groups in total. The van der Waals surface area contributed by atoms with Gasteiger partial charge in [0.2, 0.25) is 5.13 Å². The van der Waals surface area contributed by atoms with E-state index in [4.69, 9.17) is 0 Å². The van der Waals surface area contributed by atoms with Gasteiger partial charge in [-0.3, -0.25) is 9.69 Å². The number of nitrogens with zero attached hydrogens (tertiary/aromatic N) is 4. The fourth-order valence-electron chi connectivity index (χ4n) is 2.34. The normalized spacial score (nSPS) is 17.5. The number of carbonyl (C=O) groups is 2. The first kappa shape index (κ1) is 18.3. The number of hydrogen-bond acceptors (Lipinski definition) is 7. The van der Waals surface area contributed by atoms with Gasteiger partial charge in [0.15, 0.2) is 5.17 Å². The Morgan fingerprint density at radius 3 is 2.73 bits per heavy atom. The Kier molecular flexibility index (Phi) is 5.48. The number of hydrogen-bond donors (Lipinski definition) is 1. The Balaban J connectivity index is 1.96.